The molecule has 0 bridgehead atoms. The molecule has 2 saturated heterocycles. The number of piperazine rings is 1. The summed E-state index contributed by atoms with van der Waals surface area (Å²) in [5.41, 5.74) is 2.40. The first-order valence-electron chi connectivity index (χ1n) is 8.19. The lowest BCUT2D eigenvalue weighted by Crippen LogP contribution is -2.54. The second-order valence-electron chi connectivity index (χ2n) is 6.81. The van der Waals surface area contributed by atoms with Crippen LogP contribution in [-0.2, 0) is 6.54 Å². The summed E-state index contributed by atoms with van der Waals surface area (Å²) < 4.78 is 0. The molecule has 22 heavy (non-hydrogen) atoms. The molecule has 4 rings (SSSR count). The van der Waals surface area contributed by atoms with Gasteiger partial charge in [0.2, 0.25) is 0 Å². The number of hydrogen-bond acceptors (Lipinski definition) is 4. The van der Waals surface area contributed by atoms with Crippen LogP contribution in [0.25, 0.3) is 10.9 Å². The standard InChI is InChI=1S/C18H23N3O/c1-13-9-21-12-17(22)8-16(21)11-20(13)10-14-4-5-18-15(7-14)3-2-6-19-18/h2-7,13,16-17,22H,8-12H2,1H3/t13-,16?,17+/m0/s1. The normalized spacial score (nSPS) is 29.8. The lowest BCUT2D eigenvalue weighted by molar-refractivity contribution is 0.0529. The molecule has 2 aliphatic heterocycles. The molecule has 2 fully saturated rings. The van der Waals surface area contributed by atoms with Crippen LogP contribution in [0.2, 0.25) is 0 Å². The number of nitrogens with zero attached hydrogens (tertiary/aromatic N) is 3. The van der Waals surface area contributed by atoms with Crippen molar-refractivity contribution in [3.8, 4) is 0 Å². The van der Waals surface area contributed by atoms with E-state index in [0.29, 0.717) is 12.1 Å². The second-order valence-corrected chi connectivity index (χ2v) is 6.81. The molecule has 0 spiro atoms. The Bertz CT molecular complexity index is 674. The van der Waals surface area contributed by atoms with Gasteiger partial charge in [-0.1, -0.05) is 12.1 Å². The molecule has 2 aromatic rings. The molecule has 3 atom stereocenters. The average molecular weight is 297 g/mol. The van der Waals surface area contributed by atoms with E-state index in [4.69, 9.17) is 0 Å². The molecule has 0 saturated carbocycles. The van der Waals surface area contributed by atoms with Gasteiger partial charge in [0.15, 0.2) is 0 Å². The minimum absolute atomic E-state index is 0.135. The lowest BCUT2D eigenvalue weighted by atomic mass is 10.1. The van der Waals surface area contributed by atoms with Crippen molar-refractivity contribution in [3.63, 3.8) is 0 Å². The zero-order valence-electron chi connectivity index (χ0n) is 13.0. The zero-order chi connectivity index (χ0) is 15.1. The Morgan fingerprint density at radius 3 is 3.05 bits per heavy atom. The van der Waals surface area contributed by atoms with Crippen molar-refractivity contribution in [1.29, 1.82) is 0 Å². The highest BCUT2D eigenvalue weighted by Gasteiger charge is 2.37. The van der Waals surface area contributed by atoms with Gasteiger partial charge in [-0.3, -0.25) is 14.8 Å². The third-order valence-corrected chi connectivity index (χ3v) is 5.13. The minimum Gasteiger partial charge on any atom is -0.392 e. The third kappa shape index (κ3) is 2.62. The van der Waals surface area contributed by atoms with Gasteiger partial charge in [0.25, 0.3) is 0 Å². The van der Waals surface area contributed by atoms with Gasteiger partial charge >= 0.3 is 0 Å². The quantitative estimate of drug-likeness (QED) is 0.919. The van der Waals surface area contributed by atoms with Crippen molar-refractivity contribution < 1.29 is 5.11 Å². The van der Waals surface area contributed by atoms with Gasteiger partial charge in [0, 0.05) is 49.8 Å². The van der Waals surface area contributed by atoms with Gasteiger partial charge in [0.1, 0.15) is 0 Å². The number of hydrogen-bond donors (Lipinski definition) is 1. The van der Waals surface area contributed by atoms with Crippen molar-refractivity contribution >= 4 is 10.9 Å². The minimum atomic E-state index is -0.135. The first kappa shape index (κ1) is 14.1. The average Bonchev–Trinajstić information content (AvgIpc) is 2.86. The monoisotopic (exact) mass is 297 g/mol. The SMILES string of the molecule is C[C@H]1CN2C[C@H](O)CC2CN1Cc1ccc2ncccc2c1. The first-order chi connectivity index (χ1) is 10.7. The van der Waals surface area contributed by atoms with Gasteiger partial charge in [-0.15, -0.1) is 0 Å². The van der Waals surface area contributed by atoms with Gasteiger partial charge in [-0.25, -0.2) is 0 Å². The van der Waals surface area contributed by atoms with E-state index in [1.807, 2.05) is 12.3 Å². The van der Waals surface area contributed by atoms with E-state index in [0.717, 1.165) is 38.1 Å². The van der Waals surface area contributed by atoms with E-state index in [-0.39, 0.29) is 6.10 Å². The summed E-state index contributed by atoms with van der Waals surface area (Å²) in [7, 11) is 0. The summed E-state index contributed by atoms with van der Waals surface area (Å²) in [5.74, 6) is 0. The molecule has 1 unspecified atom stereocenters. The van der Waals surface area contributed by atoms with Gasteiger partial charge in [0.05, 0.1) is 11.6 Å². The maximum atomic E-state index is 9.87. The molecule has 0 radical (unpaired) electrons. The van der Waals surface area contributed by atoms with E-state index in [9.17, 15) is 5.11 Å². The Kier molecular flexibility index (Phi) is 3.60. The molecule has 0 aliphatic carbocycles. The highest BCUT2D eigenvalue weighted by atomic mass is 16.3. The van der Waals surface area contributed by atoms with Crippen LogP contribution in [-0.4, -0.2) is 57.7 Å². The fourth-order valence-corrected chi connectivity index (χ4v) is 3.95. The van der Waals surface area contributed by atoms with Gasteiger partial charge < -0.3 is 5.11 Å². The van der Waals surface area contributed by atoms with Crippen LogP contribution in [0, 0.1) is 0 Å². The van der Waals surface area contributed by atoms with E-state index >= 15 is 0 Å². The maximum absolute atomic E-state index is 9.87. The predicted molar refractivity (Wildman–Crippen MR) is 87.6 cm³/mol. The molecule has 0 amide bonds. The third-order valence-electron chi connectivity index (χ3n) is 5.13. The fraction of sp³-hybridized carbons (Fsp3) is 0.500. The van der Waals surface area contributed by atoms with Crippen LogP contribution in [0.3, 0.4) is 0 Å². The topological polar surface area (TPSA) is 39.6 Å². The Labute approximate surface area is 131 Å². The smallest absolute Gasteiger partial charge is 0.0702 e. The molecular formula is C18H23N3O. The summed E-state index contributed by atoms with van der Waals surface area (Å²) in [6, 6.07) is 11.7. The lowest BCUT2D eigenvalue weighted by Gasteiger charge is -2.42. The molecule has 1 aromatic heterocycles. The van der Waals surface area contributed by atoms with Crippen LogP contribution in [0.5, 0.6) is 0 Å². The van der Waals surface area contributed by atoms with E-state index in [2.05, 4.69) is 46.0 Å². The van der Waals surface area contributed by atoms with Crippen LogP contribution >= 0.6 is 0 Å². The summed E-state index contributed by atoms with van der Waals surface area (Å²) >= 11 is 0. The highest BCUT2D eigenvalue weighted by Crippen LogP contribution is 2.26. The van der Waals surface area contributed by atoms with Crippen LogP contribution < -0.4 is 0 Å². The predicted octanol–water partition coefficient (Wildman–Crippen LogP) is 1.87. The van der Waals surface area contributed by atoms with Crippen LogP contribution in [0.4, 0.5) is 0 Å². The summed E-state index contributed by atoms with van der Waals surface area (Å²) in [6.45, 7) is 6.25. The van der Waals surface area contributed by atoms with Crippen molar-refractivity contribution in [3.05, 3.63) is 42.1 Å². The largest absolute Gasteiger partial charge is 0.392 e. The van der Waals surface area contributed by atoms with Crippen molar-refractivity contribution in [2.24, 2.45) is 0 Å². The number of fused-ring (bicyclic) bond motifs is 2. The number of benzene rings is 1. The Morgan fingerprint density at radius 2 is 2.14 bits per heavy atom. The first-order valence-corrected chi connectivity index (χ1v) is 8.19. The molecule has 4 nitrogen and oxygen atoms in total. The number of aromatic nitrogens is 1. The van der Waals surface area contributed by atoms with Crippen molar-refractivity contribution in [1.82, 2.24) is 14.8 Å². The summed E-state index contributed by atoms with van der Waals surface area (Å²) in [5, 5.41) is 11.1. The van der Waals surface area contributed by atoms with E-state index < -0.39 is 0 Å². The van der Waals surface area contributed by atoms with E-state index in [1.54, 1.807) is 0 Å². The van der Waals surface area contributed by atoms with Gasteiger partial charge in [-0.05, 0) is 37.1 Å². The molecule has 1 N–H and O–H groups in total. The second kappa shape index (κ2) is 5.61. The fourth-order valence-electron chi connectivity index (χ4n) is 3.95. The molecule has 3 heterocycles. The Balaban J connectivity index is 1.51. The van der Waals surface area contributed by atoms with Crippen molar-refractivity contribution in [2.45, 2.75) is 38.1 Å². The molecule has 116 valence electrons. The van der Waals surface area contributed by atoms with Gasteiger partial charge in [-0.2, -0.15) is 0 Å². The Morgan fingerprint density at radius 1 is 1.23 bits per heavy atom. The molecule has 2 aliphatic rings. The molecule has 1 aromatic carbocycles. The molecule has 4 heteroatoms. The Hall–Kier alpha value is -1.49. The number of aliphatic hydroxyl groups excluding tert-OH is 1. The summed E-state index contributed by atoms with van der Waals surface area (Å²) in [4.78, 5) is 9.39. The van der Waals surface area contributed by atoms with E-state index in [1.165, 1.54) is 10.9 Å². The number of pyridine rings is 1. The van der Waals surface area contributed by atoms with Crippen molar-refractivity contribution in [2.75, 3.05) is 19.6 Å². The maximum Gasteiger partial charge on any atom is 0.0702 e. The summed E-state index contributed by atoms with van der Waals surface area (Å²) in [6.07, 6.45) is 2.63. The number of aliphatic hydroxyl groups is 1. The highest BCUT2D eigenvalue weighted by molar-refractivity contribution is 5.78. The molecular weight excluding hydrogens is 274 g/mol. The van der Waals surface area contributed by atoms with Crippen LogP contribution in [0.1, 0.15) is 18.9 Å². The van der Waals surface area contributed by atoms with Crippen LogP contribution in [0.15, 0.2) is 36.5 Å². The number of rotatable bonds is 2. The zero-order valence-corrected chi connectivity index (χ0v) is 13.0.